The largest absolute Gasteiger partial charge is 0.341 e. The monoisotopic (exact) mass is 434 g/mol. The number of carbonyl (C=O) groups excluding carboxylic acids is 2. The van der Waals surface area contributed by atoms with Gasteiger partial charge in [0.05, 0.1) is 10.6 Å². The summed E-state index contributed by atoms with van der Waals surface area (Å²) in [5.41, 5.74) is 0.697. The van der Waals surface area contributed by atoms with Gasteiger partial charge in [0.25, 0.3) is 5.56 Å². The van der Waals surface area contributed by atoms with Crippen LogP contribution >= 0.6 is 34.4 Å². The van der Waals surface area contributed by atoms with E-state index in [0.717, 1.165) is 22.2 Å². The minimum absolute atomic E-state index is 0.170. The van der Waals surface area contributed by atoms with Crippen LogP contribution in [-0.2, 0) is 11.3 Å². The number of amides is 3. The van der Waals surface area contributed by atoms with Crippen molar-refractivity contribution < 1.29 is 9.59 Å². The van der Waals surface area contributed by atoms with E-state index < -0.39 is 17.2 Å². The number of fused-ring (bicyclic) bond motifs is 1. The number of allylic oxidation sites excluding steroid dienone is 1. The van der Waals surface area contributed by atoms with E-state index in [4.69, 9.17) is 0 Å². The molecule has 0 aromatic carbocycles. The van der Waals surface area contributed by atoms with Crippen molar-refractivity contribution in [2.45, 2.75) is 23.9 Å². The highest BCUT2D eigenvalue weighted by Gasteiger charge is 2.22. The van der Waals surface area contributed by atoms with Gasteiger partial charge in [-0.2, -0.15) is 0 Å². The molecule has 3 amide bonds. The molecular formula is C18H18N4O3S3. The molecule has 146 valence electrons. The number of hydrogen-bond donors (Lipinski definition) is 2. The smallest absolute Gasteiger partial charge is 0.321 e. The van der Waals surface area contributed by atoms with E-state index in [9.17, 15) is 14.4 Å². The van der Waals surface area contributed by atoms with E-state index in [1.54, 1.807) is 24.3 Å². The molecule has 1 unspecified atom stereocenters. The molecule has 0 aliphatic carbocycles. The lowest BCUT2D eigenvalue weighted by atomic mass is 10.2. The molecule has 0 aliphatic heterocycles. The minimum Gasteiger partial charge on any atom is -0.341 e. The zero-order valence-corrected chi connectivity index (χ0v) is 17.7. The summed E-state index contributed by atoms with van der Waals surface area (Å²) in [5, 5.41) is 8.83. The fourth-order valence-corrected chi connectivity index (χ4v) is 5.21. The first kappa shape index (κ1) is 20.3. The number of rotatable bonds is 6. The van der Waals surface area contributed by atoms with E-state index in [1.807, 2.05) is 22.9 Å². The van der Waals surface area contributed by atoms with Gasteiger partial charge in [-0.15, -0.1) is 29.3 Å². The number of nitrogens with one attached hydrogen (secondary N) is 2. The summed E-state index contributed by atoms with van der Waals surface area (Å²) in [6.07, 6.45) is 1.62. The highest BCUT2D eigenvalue weighted by Crippen LogP contribution is 2.35. The van der Waals surface area contributed by atoms with Crippen molar-refractivity contribution in [2.24, 2.45) is 0 Å². The van der Waals surface area contributed by atoms with Crippen LogP contribution in [0, 0.1) is 0 Å². The first-order chi connectivity index (χ1) is 13.5. The van der Waals surface area contributed by atoms with E-state index >= 15 is 0 Å². The molecule has 0 saturated carbocycles. The number of thiophene rings is 2. The Morgan fingerprint density at radius 2 is 2.21 bits per heavy atom. The molecule has 10 heteroatoms. The molecule has 28 heavy (non-hydrogen) atoms. The van der Waals surface area contributed by atoms with Gasteiger partial charge in [-0.1, -0.05) is 23.9 Å². The van der Waals surface area contributed by atoms with Crippen LogP contribution in [0.4, 0.5) is 4.79 Å². The van der Waals surface area contributed by atoms with Crippen molar-refractivity contribution in [3.8, 4) is 10.4 Å². The molecule has 7 nitrogen and oxygen atoms in total. The van der Waals surface area contributed by atoms with E-state index in [1.165, 1.54) is 23.0 Å². The Labute approximate surface area is 173 Å². The Morgan fingerprint density at radius 1 is 1.43 bits per heavy atom. The van der Waals surface area contributed by atoms with Gasteiger partial charge in [0.15, 0.2) is 5.16 Å². The molecule has 0 saturated heterocycles. The average molecular weight is 435 g/mol. The molecule has 2 N–H and O–H groups in total. The van der Waals surface area contributed by atoms with Crippen LogP contribution in [0.1, 0.15) is 6.92 Å². The van der Waals surface area contributed by atoms with Crippen LogP contribution in [-0.4, -0.2) is 33.8 Å². The van der Waals surface area contributed by atoms with Gasteiger partial charge in [0, 0.05) is 29.4 Å². The van der Waals surface area contributed by atoms with E-state index in [2.05, 4.69) is 22.2 Å². The summed E-state index contributed by atoms with van der Waals surface area (Å²) >= 11 is 4.09. The zero-order chi connectivity index (χ0) is 20.3. The van der Waals surface area contributed by atoms with Gasteiger partial charge in [0.1, 0.15) is 4.83 Å². The van der Waals surface area contributed by atoms with Crippen LogP contribution in [0.3, 0.4) is 0 Å². The van der Waals surface area contributed by atoms with Gasteiger partial charge in [-0.3, -0.25) is 19.5 Å². The number of urea groups is 1. The average Bonchev–Trinajstić information content (AvgIpc) is 3.34. The van der Waals surface area contributed by atoms with Gasteiger partial charge in [-0.05, 0) is 18.4 Å². The Hall–Kier alpha value is -2.43. The van der Waals surface area contributed by atoms with Crippen LogP contribution in [0.5, 0.6) is 0 Å². The molecule has 0 bridgehead atoms. The molecule has 1 atom stereocenters. The Balaban J connectivity index is 2.02. The van der Waals surface area contributed by atoms with Crippen molar-refractivity contribution in [1.29, 1.82) is 0 Å². The second-order valence-corrected chi connectivity index (χ2v) is 8.85. The number of thioether (sulfide) groups is 1. The second kappa shape index (κ2) is 8.72. The van der Waals surface area contributed by atoms with Crippen molar-refractivity contribution in [2.75, 3.05) is 7.05 Å². The normalized spacial score (nSPS) is 11.9. The fraction of sp³-hybridized carbons (Fsp3) is 0.222. The summed E-state index contributed by atoms with van der Waals surface area (Å²) < 4.78 is 1.51. The lowest BCUT2D eigenvalue weighted by molar-refractivity contribution is -0.119. The minimum atomic E-state index is -0.616. The Kier molecular flexibility index (Phi) is 6.32. The number of aromatic nitrogens is 2. The summed E-state index contributed by atoms with van der Waals surface area (Å²) in [7, 11) is 1.43. The first-order valence-electron chi connectivity index (χ1n) is 8.32. The molecule has 3 aromatic heterocycles. The van der Waals surface area contributed by atoms with Crippen molar-refractivity contribution >= 4 is 56.6 Å². The van der Waals surface area contributed by atoms with Crippen LogP contribution < -0.4 is 16.2 Å². The summed E-state index contributed by atoms with van der Waals surface area (Å²) in [6.45, 7) is 5.65. The fourth-order valence-electron chi connectivity index (χ4n) is 2.49. The van der Waals surface area contributed by atoms with Gasteiger partial charge in [0.2, 0.25) is 5.91 Å². The van der Waals surface area contributed by atoms with E-state index in [0.29, 0.717) is 15.4 Å². The number of carbonyl (C=O) groups is 2. The number of imide groups is 1. The van der Waals surface area contributed by atoms with Crippen molar-refractivity contribution in [3.63, 3.8) is 0 Å². The van der Waals surface area contributed by atoms with Crippen LogP contribution in [0.2, 0.25) is 0 Å². The van der Waals surface area contributed by atoms with Crippen molar-refractivity contribution in [1.82, 2.24) is 20.2 Å². The molecule has 3 heterocycles. The van der Waals surface area contributed by atoms with Gasteiger partial charge < -0.3 is 5.32 Å². The zero-order valence-electron chi connectivity index (χ0n) is 15.2. The standard InChI is InChI=1S/C18H18N4O3S3/c1-4-7-22-16(24)13-11(12-6-5-8-26-12)9-27-15(13)21-18(22)28-10(2)14(23)20-17(25)19-3/h4-6,8-10H,1,7H2,2-3H3,(H2,19,20,23,25). The molecule has 0 spiro atoms. The van der Waals surface area contributed by atoms with Crippen LogP contribution in [0.25, 0.3) is 20.7 Å². The maximum atomic E-state index is 13.2. The molecular weight excluding hydrogens is 416 g/mol. The third-order valence-corrected chi connectivity index (χ3v) is 6.74. The predicted molar refractivity (Wildman–Crippen MR) is 115 cm³/mol. The third-order valence-electron chi connectivity index (χ3n) is 3.87. The highest BCUT2D eigenvalue weighted by atomic mass is 32.2. The lowest BCUT2D eigenvalue weighted by Gasteiger charge is -2.14. The predicted octanol–water partition coefficient (Wildman–Crippen LogP) is 3.31. The van der Waals surface area contributed by atoms with Crippen LogP contribution in [0.15, 0.2) is 45.5 Å². The summed E-state index contributed by atoms with van der Waals surface area (Å²) in [5.74, 6) is -0.464. The third kappa shape index (κ3) is 4.03. The Bertz CT molecular complexity index is 1090. The quantitative estimate of drug-likeness (QED) is 0.353. The Morgan fingerprint density at radius 3 is 2.86 bits per heavy atom. The SMILES string of the molecule is C=CCn1c(SC(C)C(=O)NC(=O)NC)nc2scc(-c3cccs3)c2c1=O. The molecule has 0 aliphatic rings. The second-order valence-electron chi connectivity index (χ2n) is 5.73. The molecule has 0 fully saturated rings. The summed E-state index contributed by atoms with van der Waals surface area (Å²) in [4.78, 5) is 43.0. The maximum absolute atomic E-state index is 13.2. The number of nitrogens with zero attached hydrogens (tertiary/aromatic N) is 2. The topological polar surface area (TPSA) is 93.1 Å². The molecule has 3 rings (SSSR count). The number of hydrogen-bond acceptors (Lipinski definition) is 7. The molecule has 3 aromatic rings. The van der Waals surface area contributed by atoms with Gasteiger partial charge >= 0.3 is 6.03 Å². The highest BCUT2D eigenvalue weighted by molar-refractivity contribution is 8.00. The molecule has 0 radical (unpaired) electrons. The maximum Gasteiger partial charge on any atom is 0.321 e. The van der Waals surface area contributed by atoms with E-state index in [-0.39, 0.29) is 12.1 Å². The van der Waals surface area contributed by atoms with Crippen molar-refractivity contribution in [3.05, 3.63) is 45.9 Å². The lowest BCUT2D eigenvalue weighted by Crippen LogP contribution is -2.41. The first-order valence-corrected chi connectivity index (χ1v) is 11.0. The summed E-state index contributed by atoms with van der Waals surface area (Å²) in [6, 6.07) is 3.33. The van der Waals surface area contributed by atoms with Gasteiger partial charge in [-0.25, -0.2) is 9.78 Å².